The molecule has 0 aliphatic carbocycles. The van der Waals surface area contributed by atoms with Crippen LogP contribution in [0.1, 0.15) is 43.8 Å². The van der Waals surface area contributed by atoms with Gasteiger partial charge < -0.3 is 10.3 Å². The first kappa shape index (κ1) is 17.0. The number of H-pyrrole nitrogens is 1. The first-order valence-electron chi connectivity index (χ1n) is 7.97. The second kappa shape index (κ2) is 7.25. The van der Waals surface area contributed by atoms with Crippen molar-refractivity contribution in [3.63, 3.8) is 0 Å². The highest BCUT2D eigenvalue weighted by atomic mass is 32.1. The summed E-state index contributed by atoms with van der Waals surface area (Å²) in [6.45, 7) is 11.6. The highest BCUT2D eigenvalue weighted by molar-refractivity contribution is 7.15. The number of nitrogens with one attached hydrogen (secondary N) is 2. The van der Waals surface area contributed by atoms with Crippen molar-refractivity contribution in [2.75, 3.05) is 0 Å². The van der Waals surface area contributed by atoms with Crippen LogP contribution in [-0.4, -0.2) is 11.0 Å². The maximum atomic E-state index is 11.8. The van der Waals surface area contributed by atoms with Crippen LogP contribution in [-0.2, 0) is 13.0 Å². The fourth-order valence-corrected chi connectivity index (χ4v) is 3.33. The Morgan fingerprint density at radius 1 is 1.27 bits per heavy atom. The Balaban J connectivity index is 2.19. The molecular formula is C18H26N2OS. The standard InChI is InChI=1S/C18H26N2OS/c1-6-14-9-16(13(5)20-18(14)21)17-8-7-15(22-17)10-19-12(4)11(2)3/h7-9,11-12,19H,6,10H2,1-5H3,(H,20,21). The van der Waals surface area contributed by atoms with Gasteiger partial charge in [-0.15, -0.1) is 11.3 Å². The van der Waals surface area contributed by atoms with Crippen molar-refractivity contribution in [1.82, 2.24) is 10.3 Å². The summed E-state index contributed by atoms with van der Waals surface area (Å²) in [5.74, 6) is 0.632. The topological polar surface area (TPSA) is 44.9 Å². The Labute approximate surface area is 136 Å². The van der Waals surface area contributed by atoms with Crippen molar-refractivity contribution >= 4 is 11.3 Å². The number of rotatable bonds is 6. The van der Waals surface area contributed by atoms with Gasteiger partial charge >= 0.3 is 0 Å². The third-order valence-electron chi connectivity index (χ3n) is 4.22. The summed E-state index contributed by atoms with van der Waals surface area (Å²) in [7, 11) is 0. The van der Waals surface area contributed by atoms with Crippen LogP contribution < -0.4 is 10.9 Å². The summed E-state index contributed by atoms with van der Waals surface area (Å²) in [6.07, 6.45) is 0.758. The molecule has 0 aliphatic heterocycles. The molecule has 0 radical (unpaired) electrons. The van der Waals surface area contributed by atoms with Gasteiger partial charge in [-0.2, -0.15) is 0 Å². The van der Waals surface area contributed by atoms with E-state index >= 15 is 0 Å². The lowest BCUT2D eigenvalue weighted by atomic mass is 10.1. The summed E-state index contributed by atoms with van der Waals surface area (Å²) in [6, 6.07) is 6.87. The SMILES string of the molecule is CCc1cc(-c2ccc(CNC(C)C(C)C)s2)c(C)[nH]c1=O. The highest BCUT2D eigenvalue weighted by Crippen LogP contribution is 2.30. The molecule has 3 nitrogen and oxygen atoms in total. The van der Waals surface area contributed by atoms with Gasteiger partial charge in [0.15, 0.2) is 0 Å². The quantitative estimate of drug-likeness (QED) is 0.842. The van der Waals surface area contributed by atoms with Gasteiger partial charge in [0.2, 0.25) is 0 Å². The van der Waals surface area contributed by atoms with E-state index in [1.54, 1.807) is 11.3 Å². The lowest BCUT2D eigenvalue weighted by Crippen LogP contribution is -2.29. The van der Waals surface area contributed by atoms with E-state index < -0.39 is 0 Å². The van der Waals surface area contributed by atoms with E-state index in [0.717, 1.165) is 29.8 Å². The Bertz CT molecular complexity index is 685. The number of aromatic amines is 1. The number of aromatic nitrogens is 1. The van der Waals surface area contributed by atoms with Crippen molar-refractivity contribution in [3.8, 4) is 10.4 Å². The molecule has 1 unspecified atom stereocenters. The van der Waals surface area contributed by atoms with Crippen molar-refractivity contribution in [1.29, 1.82) is 0 Å². The van der Waals surface area contributed by atoms with Gasteiger partial charge in [0.05, 0.1) is 0 Å². The smallest absolute Gasteiger partial charge is 0.251 e. The van der Waals surface area contributed by atoms with Crippen molar-refractivity contribution in [2.45, 2.75) is 53.6 Å². The summed E-state index contributed by atoms with van der Waals surface area (Å²) < 4.78 is 0. The first-order valence-corrected chi connectivity index (χ1v) is 8.79. The molecule has 0 spiro atoms. The molecule has 0 amide bonds. The predicted octanol–water partition coefficient (Wildman–Crippen LogP) is 4.11. The van der Waals surface area contributed by atoms with Crippen molar-refractivity contribution in [3.05, 3.63) is 44.7 Å². The van der Waals surface area contributed by atoms with Crippen LogP contribution in [0.25, 0.3) is 10.4 Å². The normalized spacial score (nSPS) is 12.8. The predicted molar refractivity (Wildman–Crippen MR) is 95.6 cm³/mol. The Kier molecular flexibility index (Phi) is 5.59. The van der Waals surface area contributed by atoms with Crippen LogP contribution >= 0.6 is 11.3 Å². The number of aryl methyl sites for hydroxylation is 2. The van der Waals surface area contributed by atoms with Gasteiger partial charge in [-0.25, -0.2) is 0 Å². The molecule has 0 bridgehead atoms. The third-order valence-corrected chi connectivity index (χ3v) is 5.34. The van der Waals surface area contributed by atoms with E-state index in [4.69, 9.17) is 0 Å². The monoisotopic (exact) mass is 318 g/mol. The molecule has 0 saturated heterocycles. The second-order valence-corrected chi connectivity index (χ2v) is 7.36. The van der Waals surface area contributed by atoms with E-state index in [2.05, 4.69) is 43.2 Å². The lowest BCUT2D eigenvalue weighted by Gasteiger charge is -2.16. The second-order valence-electron chi connectivity index (χ2n) is 6.20. The zero-order valence-corrected chi connectivity index (χ0v) is 14.9. The zero-order valence-electron chi connectivity index (χ0n) is 14.1. The minimum absolute atomic E-state index is 0.0351. The average molecular weight is 318 g/mol. The van der Waals surface area contributed by atoms with Crippen LogP contribution in [0, 0.1) is 12.8 Å². The van der Waals surface area contributed by atoms with E-state index in [9.17, 15) is 4.79 Å². The van der Waals surface area contributed by atoms with Crippen LogP contribution in [0.5, 0.6) is 0 Å². The van der Waals surface area contributed by atoms with Crippen LogP contribution in [0.15, 0.2) is 23.0 Å². The Morgan fingerprint density at radius 2 is 2.00 bits per heavy atom. The van der Waals surface area contributed by atoms with Gasteiger partial charge in [0.25, 0.3) is 5.56 Å². The summed E-state index contributed by atoms with van der Waals surface area (Å²) in [4.78, 5) is 17.4. The van der Waals surface area contributed by atoms with Crippen molar-refractivity contribution < 1.29 is 0 Å². The van der Waals surface area contributed by atoms with E-state index in [1.807, 2.05) is 19.9 Å². The molecule has 2 heterocycles. The largest absolute Gasteiger partial charge is 0.326 e. The van der Waals surface area contributed by atoms with Crippen molar-refractivity contribution in [2.24, 2.45) is 5.92 Å². The van der Waals surface area contributed by atoms with Crippen LogP contribution in [0.3, 0.4) is 0 Å². The van der Waals surface area contributed by atoms with Gasteiger partial charge in [-0.05, 0) is 44.4 Å². The molecule has 1 atom stereocenters. The van der Waals surface area contributed by atoms with Crippen LogP contribution in [0.2, 0.25) is 0 Å². The molecule has 2 aromatic heterocycles. The molecular weight excluding hydrogens is 292 g/mol. The van der Waals surface area contributed by atoms with Gasteiger partial charge in [-0.1, -0.05) is 20.8 Å². The number of pyridine rings is 1. The van der Waals surface area contributed by atoms with E-state index in [1.165, 1.54) is 9.75 Å². The Morgan fingerprint density at radius 3 is 2.64 bits per heavy atom. The molecule has 2 aromatic rings. The average Bonchev–Trinajstić information content (AvgIpc) is 2.93. The zero-order chi connectivity index (χ0) is 16.3. The highest BCUT2D eigenvalue weighted by Gasteiger charge is 2.11. The molecule has 0 saturated carbocycles. The minimum Gasteiger partial charge on any atom is -0.326 e. The minimum atomic E-state index is 0.0351. The molecule has 0 aromatic carbocycles. The molecule has 22 heavy (non-hydrogen) atoms. The summed E-state index contributed by atoms with van der Waals surface area (Å²) in [5, 5.41) is 3.56. The number of hydrogen-bond acceptors (Lipinski definition) is 3. The van der Waals surface area contributed by atoms with Crippen LogP contribution in [0.4, 0.5) is 0 Å². The maximum absolute atomic E-state index is 11.8. The number of thiophene rings is 1. The molecule has 0 fully saturated rings. The lowest BCUT2D eigenvalue weighted by molar-refractivity contribution is 0.428. The third kappa shape index (κ3) is 3.87. The molecule has 2 N–H and O–H groups in total. The van der Waals surface area contributed by atoms with Gasteiger partial charge in [0.1, 0.15) is 0 Å². The summed E-state index contributed by atoms with van der Waals surface area (Å²) >= 11 is 1.79. The van der Waals surface area contributed by atoms with E-state index in [-0.39, 0.29) is 5.56 Å². The van der Waals surface area contributed by atoms with E-state index in [0.29, 0.717) is 12.0 Å². The first-order chi connectivity index (χ1) is 10.4. The van der Waals surface area contributed by atoms with Gasteiger partial charge in [0, 0.05) is 39.2 Å². The maximum Gasteiger partial charge on any atom is 0.251 e. The molecule has 0 aliphatic rings. The van der Waals surface area contributed by atoms with Gasteiger partial charge in [-0.3, -0.25) is 4.79 Å². The number of hydrogen-bond donors (Lipinski definition) is 2. The molecule has 4 heteroatoms. The fraction of sp³-hybridized carbons (Fsp3) is 0.500. The Hall–Kier alpha value is -1.39. The summed E-state index contributed by atoms with van der Waals surface area (Å²) in [5.41, 5.74) is 2.97. The fourth-order valence-electron chi connectivity index (χ4n) is 2.30. The molecule has 120 valence electrons. The molecule has 2 rings (SSSR count).